The summed E-state index contributed by atoms with van der Waals surface area (Å²) in [5.74, 6) is -4.26. The minimum Gasteiger partial charge on any atom is -0.377 e. The molecule has 2 atom stereocenters. The van der Waals surface area contributed by atoms with E-state index in [0.717, 1.165) is 24.1 Å². The molecule has 1 aliphatic carbocycles. The van der Waals surface area contributed by atoms with Crippen molar-refractivity contribution in [1.82, 2.24) is 10.3 Å². The van der Waals surface area contributed by atoms with Gasteiger partial charge in [0, 0.05) is 17.4 Å². The minimum atomic E-state index is -3.49. The Bertz CT molecular complexity index is 1130. The van der Waals surface area contributed by atoms with Crippen molar-refractivity contribution in [1.29, 1.82) is 5.26 Å². The van der Waals surface area contributed by atoms with Gasteiger partial charge in [-0.2, -0.15) is 5.26 Å². The topological polar surface area (TPSA) is 70.0 Å². The van der Waals surface area contributed by atoms with E-state index in [1.807, 2.05) is 0 Å². The largest absolute Gasteiger partial charge is 0.377 e. The number of hydrogen-bond donors (Lipinski definition) is 2. The number of thiocarbonyl (C=S) groups is 1. The lowest BCUT2D eigenvalue weighted by Gasteiger charge is -2.44. The fourth-order valence-corrected chi connectivity index (χ4v) is 4.70. The molecule has 2 aliphatic rings. The predicted molar refractivity (Wildman–Crippen MR) is 118 cm³/mol. The molecule has 9 heteroatoms. The number of anilines is 1. The summed E-state index contributed by atoms with van der Waals surface area (Å²) in [6.07, 6.45) is 2.97. The normalized spacial score (nSPS) is 25.9. The SMILES string of the molecule is CC1(C)OCC(=S)N[C@](C)(c2cc(NC3CCc4cc(C#N)cnc43)ccc2F)C1(F)F. The summed E-state index contributed by atoms with van der Waals surface area (Å²) in [6.45, 7) is 3.62. The zero-order valence-corrected chi connectivity index (χ0v) is 18.7. The lowest BCUT2D eigenvalue weighted by Crippen LogP contribution is -2.62. The first kappa shape index (κ1) is 22.5. The number of hydrogen-bond acceptors (Lipinski definition) is 5. The van der Waals surface area contributed by atoms with Crippen LogP contribution in [0, 0.1) is 17.1 Å². The van der Waals surface area contributed by atoms with Crippen molar-refractivity contribution in [3.8, 4) is 6.07 Å². The molecule has 0 amide bonds. The standard InChI is InChI=1S/C23H23F3N4OS/c1-21(2)23(25,26)22(3,30-19(32)12-31-21)16-9-15(5-6-17(16)24)29-18-7-4-14-8-13(10-27)11-28-20(14)18/h5-6,8-9,11,18,29H,4,7,12H2,1-3H3,(H,30,32)/t18?,22-/m1/s1. The first-order valence-electron chi connectivity index (χ1n) is 10.3. The fourth-order valence-electron chi connectivity index (χ4n) is 4.44. The first-order valence-corrected chi connectivity index (χ1v) is 10.7. The quantitative estimate of drug-likeness (QED) is 0.644. The van der Waals surface area contributed by atoms with Gasteiger partial charge >= 0.3 is 5.92 Å². The van der Waals surface area contributed by atoms with Gasteiger partial charge in [0.15, 0.2) is 0 Å². The molecule has 1 saturated heterocycles. The van der Waals surface area contributed by atoms with Crippen LogP contribution >= 0.6 is 12.2 Å². The van der Waals surface area contributed by atoms with Gasteiger partial charge in [-0.25, -0.2) is 13.2 Å². The molecule has 0 radical (unpaired) electrons. The van der Waals surface area contributed by atoms with Gasteiger partial charge in [-0.1, -0.05) is 12.2 Å². The average molecular weight is 461 g/mol. The van der Waals surface area contributed by atoms with E-state index in [4.69, 9.17) is 22.2 Å². The summed E-state index contributed by atoms with van der Waals surface area (Å²) in [5.41, 5.74) is -1.47. The van der Waals surface area contributed by atoms with Crippen LogP contribution in [0.15, 0.2) is 30.5 Å². The molecule has 0 spiro atoms. The second kappa shape index (κ2) is 7.71. The highest BCUT2D eigenvalue weighted by atomic mass is 32.1. The number of nitriles is 1. The van der Waals surface area contributed by atoms with Gasteiger partial charge in [0.1, 0.15) is 28.0 Å². The number of ether oxygens (including phenoxy) is 1. The predicted octanol–water partition coefficient (Wildman–Crippen LogP) is 4.77. The number of benzene rings is 1. The zero-order valence-electron chi connectivity index (χ0n) is 17.9. The molecule has 2 aromatic rings. The molecule has 168 valence electrons. The Kier molecular flexibility index (Phi) is 5.42. The number of pyridine rings is 1. The molecular weight excluding hydrogens is 437 g/mol. The molecule has 0 bridgehead atoms. The van der Waals surface area contributed by atoms with Gasteiger partial charge in [-0.15, -0.1) is 0 Å². The Morgan fingerprint density at radius 3 is 2.75 bits per heavy atom. The van der Waals surface area contributed by atoms with E-state index in [-0.39, 0.29) is 23.2 Å². The molecule has 32 heavy (non-hydrogen) atoms. The van der Waals surface area contributed by atoms with E-state index in [1.165, 1.54) is 45.2 Å². The summed E-state index contributed by atoms with van der Waals surface area (Å²) < 4.78 is 51.6. The third-order valence-corrected chi connectivity index (χ3v) is 6.57. The number of halogens is 3. The monoisotopic (exact) mass is 460 g/mol. The van der Waals surface area contributed by atoms with Gasteiger partial charge in [0.25, 0.3) is 0 Å². The van der Waals surface area contributed by atoms with Crippen LogP contribution in [0.2, 0.25) is 0 Å². The van der Waals surface area contributed by atoms with E-state index < -0.39 is 22.9 Å². The highest BCUT2D eigenvalue weighted by Crippen LogP contribution is 2.48. The molecule has 1 unspecified atom stereocenters. The molecule has 1 aromatic carbocycles. The molecule has 2 N–H and O–H groups in total. The van der Waals surface area contributed by atoms with Crippen LogP contribution in [-0.4, -0.2) is 28.1 Å². The van der Waals surface area contributed by atoms with Crippen LogP contribution in [0.5, 0.6) is 0 Å². The Hall–Kier alpha value is -2.70. The Balaban J connectivity index is 1.71. The van der Waals surface area contributed by atoms with Gasteiger partial charge in [0.05, 0.1) is 23.9 Å². The number of nitrogens with zero attached hydrogens (tertiary/aromatic N) is 2. The maximum Gasteiger partial charge on any atom is 0.302 e. The third kappa shape index (κ3) is 3.51. The van der Waals surface area contributed by atoms with Crippen molar-refractivity contribution < 1.29 is 17.9 Å². The lowest BCUT2D eigenvalue weighted by atomic mass is 9.77. The summed E-state index contributed by atoms with van der Waals surface area (Å²) in [7, 11) is 0. The molecule has 1 aromatic heterocycles. The zero-order chi connectivity index (χ0) is 23.3. The Morgan fingerprint density at radius 2 is 2.03 bits per heavy atom. The van der Waals surface area contributed by atoms with Crippen LogP contribution in [0.25, 0.3) is 0 Å². The molecule has 4 rings (SSSR count). The van der Waals surface area contributed by atoms with E-state index in [9.17, 15) is 4.39 Å². The van der Waals surface area contributed by atoms with Gasteiger partial charge < -0.3 is 15.4 Å². The van der Waals surface area contributed by atoms with Crippen molar-refractivity contribution >= 4 is 22.9 Å². The number of fused-ring (bicyclic) bond motifs is 1. The number of nitrogens with one attached hydrogen (secondary N) is 2. The summed E-state index contributed by atoms with van der Waals surface area (Å²) in [4.78, 5) is 4.47. The van der Waals surface area contributed by atoms with E-state index in [0.29, 0.717) is 11.3 Å². The van der Waals surface area contributed by atoms with Gasteiger partial charge in [0.2, 0.25) is 0 Å². The summed E-state index contributed by atoms with van der Waals surface area (Å²) >= 11 is 5.16. The molecule has 2 heterocycles. The molecule has 1 fully saturated rings. The number of alkyl halides is 2. The minimum absolute atomic E-state index is 0.0812. The average Bonchev–Trinajstić information content (AvgIpc) is 3.12. The summed E-state index contributed by atoms with van der Waals surface area (Å²) in [5, 5.41) is 15.0. The van der Waals surface area contributed by atoms with Crippen molar-refractivity contribution in [2.24, 2.45) is 0 Å². The second-order valence-electron chi connectivity index (χ2n) is 8.86. The summed E-state index contributed by atoms with van der Waals surface area (Å²) in [6, 6.07) is 7.78. The number of aryl methyl sites for hydroxylation is 1. The lowest BCUT2D eigenvalue weighted by molar-refractivity contribution is -0.216. The second-order valence-corrected chi connectivity index (χ2v) is 9.35. The van der Waals surface area contributed by atoms with E-state index in [2.05, 4.69) is 21.7 Å². The fraction of sp³-hybridized carbons (Fsp3) is 0.435. The van der Waals surface area contributed by atoms with E-state index >= 15 is 8.78 Å². The van der Waals surface area contributed by atoms with Crippen molar-refractivity contribution in [2.75, 3.05) is 11.9 Å². The Morgan fingerprint density at radius 1 is 1.28 bits per heavy atom. The van der Waals surface area contributed by atoms with E-state index in [1.54, 1.807) is 6.07 Å². The van der Waals surface area contributed by atoms with Crippen LogP contribution in [0.1, 0.15) is 55.6 Å². The smallest absolute Gasteiger partial charge is 0.302 e. The first-order chi connectivity index (χ1) is 15.0. The van der Waals surface area contributed by atoms with Crippen LogP contribution < -0.4 is 10.6 Å². The van der Waals surface area contributed by atoms with Crippen molar-refractivity contribution in [3.05, 3.63) is 58.7 Å². The highest BCUT2D eigenvalue weighted by Gasteiger charge is 2.64. The Labute approximate surface area is 190 Å². The van der Waals surface area contributed by atoms with Crippen LogP contribution in [0.4, 0.5) is 18.9 Å². The molecule has 0 saturated carbocycles. The van der Waals surface area contributed by atoms with Crippen molar-refractivity contribution in [2.45, 2.75) is 56.7 Å². The van der Waals surface area contributed by atoms with Gasteiger partial charge in [-0.3, -0.25) is 4.98 Å². The number of aromatic nitrogens is 1. The van der Waals surface area contributed by atoms with Crippen molar-refractivity contribution in [3.63, 3.8) is 0 Å². The molecule has 5 nitrogen and oxygen atoms in total. The maximum absolute atomic E-state index is 15.7. The van der Waals surface area contributed by atoms with Crippen LogP contribution in [0.3, 0.4) is 0 Å². The maximum atomic E-state index is 15.7. The molecular formula is C23H23F3N4OS. The highest BCUT2D eigenvalue weighted by molar-refractivity contribution is 7.80. The molecule has 1 aliphatic heterocycles. The van der Waals surface area contributed by atoms with Crippen LogP contribution in [-0.2, 0) is 16.7 Å². The van der Waals surface area contributed by atoms with Gasteiger partial charge in [-0.05, 0) is 63.4 Å². The third-order valence-electron chi connectivity index (χ3n) is 6.35. The number of rotatable bonds is 3.